The van der Waals surface area contributed by atoms with Gasteiger partial charge in [-0.15, -0.1) is 0 Å². The van der Waals surface area contributed by atoms with Gasteiger partial charge in [-0.3, -0.25) is 0 Å². The van der Waals surface area contributed by atoms with E-state index in [0.29, 0.717) is 24.8 Å². The minimum absolute atomic E-state index is 0.410. The average molecular weight is 265 g/mol. The van der Waals surface area contributed by atoms with Gasteiger partial charge in [0.2, 0.25) is 0 Å². The van der Waals surface area contributed by atoms with Crippen LogP contribution in [-0.2, 0) is 6.54 Å². The van der Waals surface area contributed by atoms with Crippen molar-refractivity contribution in [2.24, 2.45) is 0 Å². The number of hydrogen-bond donors (Lipinski definition) is 1. The van der Waals surface area contributed by atoms with E-state index in [4.69, 9.17) is 9.15 Å². The van der Waals surface area contributed by atoms with E-state index in [-0.39, 0.29) is 0 Å². The molecule has 0 amide bonds. The maximum absolute atomic E-state index is 5.59. The van der Waals surface area contributed by atoms with Crippen LogP contribution >= 0.6 is 0 Å². The van der Waals surface area contributed by atoms with Gasteiger partial charge in [0.15, 0.2) is 0 Å². The molecule has 1 saturated carbocycles. The molecule has 0 radical (unpaired) electrons. The number of rotatable bonds is 7. The highest BCUT2D eigenvalue weighted by Crippen LogP contribution is 2.20. The van der Waals surface area contributed by atoms with Crippen molar-refractivity contribution in [2.75, 3.05) is 20.2 Å². The number of oxazole rings is 1. The zero-order chi connectivity index (χ0) is 13.1. The predicted octanol–water partition coefficient (Wildman–Crippen LogP) is 1.79. The lowest BCUT2D eigenvalue weighted by Gasteiger charge is -2.18. The van der Waals surface area contributed by atoms with Gasteiger partial charge in [0.05, 0.1) is 12.3 Å². The molecule has 106 valence electrons. The molecule has 1 saturated heterocycles. The third-order valence-corrected chi connectivity index (χ3v) is 4.03. The maximum atomic E-state index is 5.59. The Labute approximate surface area is 114 Å². The Morgan fingerprint density at radius 2 is 2.37 bits per heavy atom. The quantitative estimate of drug-likeness (QED) is 0.814. The van der Waals surface area contributed by atoms with Gasteiger partial charge < -0.3 is 19.4 Å². The molecular formula is C14H23N3O2. The lowest BCUT2D eigenvalue weighted by molar-refractivity contribution is 0.192. The SMILES string of the molecule is CN1CCCC1CCOc1nc(CNC2CC2)co1. The van der Waals surface area contributed by atoms with Gasteiger partial charge in [-0.1, -0.05) is 0 Å². The number of likely N-dealkylation sites (tertiary alicyclic amines) is 1. The van der Waals surface area contributed by atoms with Crippen LogP contribution in [0.5, 0.6) is 6.08 Å². The van der Waals surface area contributed by atoms with Crippen LogP contribution in [-0.4, -0.2) is 42.2 Å². The Kier molecular flexibility index (Phi) is 4.03. The molecule has 5 nitrogen and oxygen atoms in total. The first kappa shape index (κ1) is 12.9. The second kappa shape index (κ2) is 5.92. The fraction of sp³-hybridized carbons (Fsp3) is 0.786. The Hall–Kier alpha value is -1.07. The molecule has 1 N–H and O–H groups in total. The molecule has 5 heteroatoms. The molecule has 1 aromatic heterocycles. The summed E-state index contributed by atoms with van der Waals surface area (Å²) in [6.07, 6.45) is 8.31. The van der Waals surface area contributed by atoms with Crippen molar-refractivity contribution >= 4 is 0 Å². The Balaban J connectivity index is 1.37. The minimum atomic E-state index is 0.410. The number of nitrogens with zero attached hydrogens (tertiary/aromatic N) is 2. The molecular weight excluding hydrogens is 242 g/mol. The highest BCUT2D eigenvalue weighted by molar-refractivity contribution is 5.00. The van der Waals surface area contributed by atoms with Crippen molar-refractivity contribution in [2.45, 2.75) is 50.7 Å². The Morgan fingerprint density at radius 1 is 1.47 bits per heavy atom. The second-order valence-corrected chi connectivity index (χ2v) is 5.67. The van der Waals surface area contributed by atoms with E-state index in [1.54, 1.807) is 6.26 Å². The van der Waals surface area contributed by atoms with Crippen molar-refractivity contribution in [3.05, 3.63) is 12.0 Å². The van der Waals surface area contributed by atoms with Crippen LogP contribution in [0.2, 0.25) is 0 Å². The number of aromatic nitrogens is 1. The van der Waals surface area contributed by atoms with Gasteiger partial charge in [-0.25, -0.2) is 0 Å². The molecule has 1 unspecified atom stereocenters. The van der Waals surface area contributed by atoms with E-state index in [1.165, 1.54) is 32.2 Å². The fourth-order valence-electron chi connectivity index (χ4n) is 2.60. The first-order chi connectivity index (χ1) is 9.31. The van der Waals surface area contributed by atoms with E-state index in [2.05, 4.69) is 22.2 Å². The largest absolute Gasteiger partial charge is 0.450 e. The summed E-state index contributed by atoms with van der Waals surface area (Å²) in [5, 5.41) is 3.41. The molecule has 2 heterocycles. The molecule has 1 atom stereocenters. The molecule has 1 aliphatic carbocycles. The van der Waals surface area contributed by atoms with Crippen molar-refractivity contribution in [3.63, 3.8) is 0 Å². The van der Waals surface area contributed by atoms with Crippen LogP contribution in [0.25, 0.3) is 0 Å². The summed E-state index contributed by atoms with van der Waals surface area (Å²) in [5.41, 5.74) is 0.930. The van der Waals surface area contributed by atoms with Crippen molar-refractivity contribution in [1.82, 2.24) is 15.2 Å². The minimum Gasteiger partial charge on any atom is -0.450 e. The molecule has 2 aliphatic rings. The molecule has 1 aromatic rings. The third-order valence-electron chi connectivity index (χ3n) is 4.03. The van der Waals surface area contributed by atoms with Crippen LogP contribution in [0.15, 0.2) is 10.7 Å². The number of nitrogens with one attached hydrogen (secondary N) is 1. The monoisotopic (exact) mass is 265 g/mol. The zero-order valence-electron chi connectivity index (χ0n) is 11.6. The lowest BCUT2D eigenvalue weighted by atomic mass is 10.2. The summed E-state index contributed by atoms with van der Waals surface area (Å²) < 4.78 is 10.9. The first-order valence-electron chi connectivity index (χ1n) is 7.32. The highest BCUT2D eigenvalue weighted by Gasteiger charge is 2.21. The van der Waals surface area contributed by atoms with Crippen molar-refractivity contribution < 1.29 is 9.15 Å². The second-order valence-electron chi connectivity index (χ2n) is 5.67. The topological polar surface area (TPSA) is 50.5 Å². The standard InChI is InChI=1S/C14H23N3O2/c1-17-7-2-3-13(17)6-8-18-14-16-12(10-19-14)9-15-11-4-5-11/h10-11,13,15H,2-9H2,1H3. The zero-order valence-corrected chi connectivity index (χ0v) is 11.6. The molecule has 0 spiro atoms. The van der Waals surface area contributed by atoms with Crippen molar-refractivity contribution in [3.8, 4) is 6.08 Å². The molecule has 3 rings (SSSR count). The average Bonchev–Trinajstić information content (AvgIpc) is 2.99. The van der Waals surface area contributed by atoms with Gasteiger partial charge in [0, 0.05) is 18.6 Å². The maximum Gasteiger partial charge on any atom is 0.393 e. The molecule has 1 aliphatic heterocycles. The van der Waals surface area contributed by atoms with Crippen LogP contribution in [0, 0.1) is 0 Å². The smallest absolute Gasteiger partial charge is 0.393 e. The van der Waals surface area contributed by atoms with Crippen LogP contribution in [0.4, 0.5) is 0 Å². The predicted molar refractivity (Wildman–Crippen MR) is 72.1 cm³/mol. The summed E-state index contributed by atoms with van der Waals surface area (Å²) in [6.45, 7) is 2.68. The van der Waals surface area contributed by atoms with Crippen LogP contribution in [0.1, 0.15) is 37.8 Å². The fourth-order valence-corrected chi connectivity index (χ4v) is 2.60. The van der Waals surface area contributed by atoms with E-state index in [9.17, 15) is 0 Å². The Bertz CT molecular complexity index is 403. The summed E-state index contributed by atoms with van der Waals surface area (Å²) >= 11 is 0. The van der Waals surface area contributed by atoms with Crippen LogP contribution < -0.4 is 10.1 Å². The van der Waals surface area contributed by atoms with Crippen molar-refractivity contribution in [1.29, 1.82) is 0 Å². The highest BCUT2D eigenvalue weighted by atomic mass is 16.6. The van der Waals surface area contributed by atoms with E-state index in [1.807, 2.05) is 0 Å². The van der Waals surface area contributed by atoms with E-state index < -0.39 is 0 Å². The van der Waals surface area contributed by atoms with Crippen LogP contribution in [0.3, 0.4) is 0 Å². The number of ether oxygens (including phenoxy) is 1. The number of hydrogen-bond acceptors (Lipinski definition) is 5. The summed E-state index contributed by atoms with van der Waals surface area (Å²) in [6, 6.07) is 1.35. The normalized spacial score (nSPS) is 23.9. The first-order valence-corrected chi connectivity index (χ1v) is 7.32. The molecule has 0 bridgehead atoms. The molecule has 2 fully saturated rings. The van der Waals surface area contributed by atoms with Gasteiger partial charge >= 0.3 is 6.08 Å². The molecule has 19 heavy (non-hydrogen) atoms. The summed E-state index contributed by atoms with van der Waals surface area (Å²) in [7, 11) is 2.18. The van der Waals surface area contributed by atoms with E-state index >= 15 is 0 Å². The lowest BCUT2D eigenvalue weighted by Crippen LogP contribution is -2.26. The third kappa shape index (κ3) is 3.70. The Morgan fingerprint density at radius 3 is 3.11 bits per heavy atom. The molecule has 0 aromatic carbocycles. The summed E-state index contributed by atoms with van der Waals surface area (Å²) in [4.78, 5) is 6.73. The van der Waals surface area contributed by atoms with Gasteiger partial charge in [0.1, 0.15) is 6.26 Å². The van der Waals surface area contributed by atoms with Gasteiger partial charge in [-0.2, -0.15) is 4.98 Å². The van der Waals surface area contributed by atoms with Gasteiger partial charge in [-0.05, 0) is 45.7 Å². The summed E-state index contributed by atoms with van der Waals surface area (Å²) in [5.74, 6) is 0. The van der Waals surface area contributed by atoms with Gasteiger partial charge in [0.25, 0.3) is 0 Å². The van der Waals surface area contributed by atoms with E-state index in [0.717, 1.165) is 18.7 Å².